The zero-order valence-corrected chi connectivity index (χ0v) is 42.7. The van der Waals surface area contributed by atoms with Crippen molar-refractivity contribution in [2.24, 2.45) is 5.92 Å². The number of aryl methyl sites for hydroxylation is 3. The summed E-state index contributed by atoms with van der Waals surface area (Å²) in [7, 11) is -2.16. The van der Waals surface area contributed by atoms with Crippen molar-refractivity contribution in [3.05, 3.63) is 101 Å². The number of carboxylic acid groups (broad SMARTS) is 1. The Bertz CT molecular complexity index is 1970. The number of ketones is 1. The maximum atomic E-state index is 14.0. The molecule has 0 bridgehead atoms. The number of nitrogens with zero attached hydrogens (tertiary/aromatic N) is 1. The highest BCUT2D eigenvalue weighted by Crippen LogP contribution is 2.23. The van der Waals surface area contributed by atoms with Crippen molar-refractivity contribution < 1.29 is 80.0 Å². The predicted molar refractivity (Wildman–Crippen MR) is 265 cm³/mol. The second-order valence-electron chi connectivity index (χ2n) is 16.3. The molecule has 71 heavy (non-hydrogen) atoms. The van der Waals surface area contributed by atoms with E-state index in [0.717, 1.165) is 16.7 Å². The first-order chi connectivity index (χ1) is 34.5. The van der Waals surface area contributed by atoms with Crippen molar-refractivity contribution >= 4 is 27.5 Å². The first-order valence-corrected chi connectivity index (χ1v) is 25.9. The number of amides is 1. The molecule has 0 fully saturated rings. The van der Waals surface area contributed by atoms with Gasteiger partial charge in [-0.25, -0.2) is 8.42 Å². The maximum absolute atomic E-state index is 14.0. The molecule has 1 atom stereocenters. The molecular weight excluding hydrogens is 943 g/mol. The average molecular weight is 1020 g/mol. The van der Waals surface area contributed by atoms with Gasteiger partial charge in [0.05, 0.1) is 156 Å². The summed E-state index contributed by atoms with van der Waals surface area (Å²) in [5.41, 5.74) is 3.55. The van der Waals surface area contributed by atoms with Gasteiger partial charge in [-0.15, -0.1) is 0 Å². The standard InChI is InChI=1S/C52H77NO17S/c1-43-4-8-45(9-5-43)10-11-48(42-71(58,59)49-16-6-44(2)7-17-49)51(56)46-12-14-47(15-13-46)52(57)53(19-18-50(54)55)20-21-61-24-25-63-28-29-65-32-33-67-36-37-69-40-41-70-39-38-68-35-34-66-31-30-64-27-26-62-23-22-60-3/h4-9,12-17,48H,10-11,18-42H2,1-3H3,(H,54,55). The number of hydrogen-bond donors (Lipinski definition) is 1. The molecule has 0 heterocycles. The number of ether oxygens (including phenoxy) is 11. The molecular formula is C52H77NO17S. The Balaban J connectivity index is 1.23. The van der Waals surface area contributed by atoms with Crippen LogP contribution in [0.5, 0.6) is 0 Å². The molecule has 1 unspecified atom stereocenters. The van der Waals surface area contributed by atoms with Crippen LogP contribution in [0.15, 0.2) is 77.7 Å². The molecule has 3 rings (SSSR count). The van der Waals surface area contributed by atoms with Crippen molar-refractivity contribution in [1.29, 1.82) is 0 Å². The third kappa shape index (κ3) is 28.6. The van der Waals surface area contributed by atoms with Crippen molar-refractivity contribution in [2.75, 3.05) is 165 Å². The fourth-order valence-corrected chi connectivity index (χ4v) is 8.22. The lowest BCUT2D eigenvalue weighted by Crippen LogP contribution is -2.36. The minimum Gasteiger partial charge on any atom is -0.481 e. The number of Topliss-reactive ketones (excluding diaryl/α,β-unsaturated/α-hetero) is 1. The lowest BCUT2D eigenvalue weighted by molar-refractivity contribution is -0.137. The molecule has 0 aliphatic heterocycles. The van der Waals surface area contributed by atoms with E-state index in [9.17, 15) is 27.9 Å². The van der Waals surface area contributed by atoms with Crippen LogP contribution < -0.4 is 0 Å². The van der Waals surface area contributed by atoms with Gasteiger partial charge in [0.2, 0.25) is 0 Å². The van der Waals surface area contributed by atoms with Crippen molar-refractivity contribution in [2.45, 2.75) is 38.0 Å². The third-order valence-electron chi connectivity index (χ3n) is 10.7. The van der Waals surface area contributed by atoms with Gasteiger partial charge in [-0.1, -0.05) is 59.7 Å². The van der Waals surface area contributed by atoms with Crippen LogP contribution >= 0.6 is 0 Å². The monoisotopic (exact) mass is 1020 g/mol. The number of carbonyl (C=O) groups is 3. The number of carbonyl (C=O) groups excluding carboxylic acids is 2. The fraction of sp³-hybridized carbons (Fsp3) is 0.596. The maximum Gasteiger partial charge on any atom is 0.305 e. The van der Waals surface area contributed by atoms with Crippen molar-refractivity contribution in [3.63, 3.8) is 0 Å². The van der Waals surface area contributed by atoms with E-state index in [2.05, 4.69) is 0 Å². The molecule has 18 nitrogen and oxygen atoms in total. The van der Waals surface area contributed by atoms with E-state index in [1.807, 2.05) is 38.1 Å². The molecule has 19 heteroatoms. The van der Waals surface area contributed by atoms with Gasteiger partial charge < -0.3 is 62.1 Å². The van der Waals surface area contributed by atoms with Crippen LogP contribution in [0.3, 0.4) is 0 Å². The van der Waals surface area contributed by atoms with Crippen molar-refractivity contribution in [1.82, 2.24) is 4.90 Å². The third-order valence-corrected chi connectivity index (χ3v) is 12.5. The lowest BCUT2D eigenvalue weighted by atomic mass is 9.92. The first kappa shape index (κ1) is 61.1. The summed E-state index contributed by atoms with van der Waals surface area (Å²) in [5.74, 6) is -3.01. The number of carboxylic acids is 1. The highest BCUT2D eigenvalue weighted by Gasteiger charge is 2.28. The minimum absolute atomic E-state index is 0.0451. The van der Waals surface area contributed by atoms with E-state index < -0.39 is 27.6 Å². The molecule has 1 amide bonds. The molecule has 3 aromatic carbocycles. The van der Waals surface area contributed by atoms with Crippen LogP contribution in [0.25, 0.3) is 0 Å². The van der Waals surface area contributed by atoms with Crippen LogP contribution in [-0.4, -0.2) is 201 Å². The van der Waals surface area contributed by atoms with Gasteiger partial charge in [-0.05, 0) is 56.5 Å². The van der Waals surface area contributed by atoms with E-state index in [4.69, 9.17) is 52.1 Å². The summed E-state index contributed by atoms with van der Waals surface area (Å²) in [5, 5.41) is 9.35. The Morgan fingerprint density at radius 1 is 0.493 bits per heavy atom. The molecule has 0 aliphatic carbocycles. The van der Waals surface area contributed by atoms with Crippen LogP contribution in [0, 0.1) is 19.8 Å². The second kappa shape index (κ2) is 38.4. The molecule has 0 saturated carbocycles. The predicted octanol–water partition coefficient (Wildman–Crippen LogP) is 4.94. The van der Waals surface area contributed by atoms with Gasteiger partial charge in [0, 0.05) is 37.2 Å². The summed E-state index contributed by atoms with van der Waals surface area (Å²) in [6.07, 6.45) is 0.553. The van der Waals surface area contributed by atoms with Gasteiger partial charge in [-0.2, -0.15) is 0 Å². The number of aliphatic carboxylic acids is 1. The van der Waals surface area contributed by atoms with Crippen molar-refractivity contribution in [3.8, 4) is 0 Å². The number of hydrogen-bond acceptors (Lipinski definition) is 16. The number of rotatable bonds is 45. The topological polar surface area (TPSA) is 210 Å². The largest absolute Gasteiger partial charge is 0.481 e. The molecule has 398 valence electrons. The molecule has 3 aromatic rings. The zero-order chi connectivity index (χ0) is 51.2. The Hall–Kier alpha value is -4.22. The quantitative estimate of drug-likeness (QED) is 0.0587. The van der Waals surface area contributed by atoms with E-state index >= 15 is 0 Å². The minimum atomic E-state index is -3.79. The second-order valence-corrected chi connectivity index (χ2v) is 18.3. The Kier molecular flexibility index (Phi) is 33.0. The first-order valence-electron chi connectivity index (χ1n) is 24.3. The van der Waals surface area contributed by atoms with E-state index in [0.29, 0.717) is 138 Å². The average Bonchev–Trinajstić information content (AvgIpc) is 3.36. The molecule has 0 aromatic heterocycles. The normalized spacial score (nSPS) is 12.0. The van der Waals surface area contributed by atoms with Crippen LogP contribution in [0.4, 0.5) is 0 Å². The number of sulfone groups is 1. The molecule has 0 radical (unpaired) electrons. The van der Waals surface area contributed by atoms with Crippen LogP contribution in [-0.2, 0) is 73.2 Å². The molecule has 0 aliphatic rings. The fourth-order valence-electron chi connectivity index (χ4n) is 6.63. The van der Waals surface area contributed by atoms with Gasteiger partial charge in [0.15, 0.2) is 15.6 Å². The Morgan fingerprint density at radius 3 is 1.25 bits per heavy atom. The van der Waals surface area contributed by atoms with Crippen LogP contribution in [0.2, 0.25) is 0 Å². The smallest absolute Gasteiger partial charge is 0.305 e. The molecule has 0 spiro atoms. The zero-order valence-electron chi connectivity index (χ0n) is 41.9. The van der Waals surface area contributed by atoms with E-state index in [1.54, 1.807) is 31.4 Å². The summed E-state index contributed by atoms with van der Waals surface area (Å²) >= 11 is 0. The highest BCUT2D eigenvalue weighted by molar-refractivity contribution is 7.91. The summed E-state index contributed by atoms with van der Waals surface area (Å²) < 4.78 is 86.9. The van der Waals surface area contributed by atoms with Gasteiger partial charge >= 0.3 is 5.97 Å². The number of methoxy groups -OCH3 is 1. The van der Waals surface area contributed by atoms with Gasteiger partial charge in [0.1, 0.15) is 0 Å². The van der Waals surface area contributed by atoms with E-state index in [1.165, 1.54) is 29.2 Å². The van der Waals surface area contributed by atoms with Gasteiger partial charge in [-0.3, -0.25) is 14.4 Å². The summed E-state index contributed by atoms with van der Waals surface area (Å²) in [4.78, 5) is 40.5. The lowest BCUT2D eigenvalue weighted by Gasteiger charge is -2.22. The highest BCUT2D eigenvalue weighted by atomic mass is 32.2. The summed E-state index contributed by atoms with van der Waals surface area (Å²) in [6.45, 7) is 13.1. The van der Waals surface area contributed by atoms with E-state index in [-0.39, 0.29) is 60.3 Å². The van der Waals surface area contributed by atoms with Gasteiger partial charge in [0.25, 0.3) is 5.91 Å². The van der Waals surface area contributed by atoms with Crippen LogP contribution in [0.1, 0.15) is 50.2 Å². The Morgan fingerprint density at radius 2 is 0.859 bits per heavy atom. The molecule has 0 saturated heterocycles. The SMILES string of the molecule is COCCOCCOCCOCCOCCOCCOCCOCCOCCOCCOCCN(CCC(=O)O)C(=O)c1ccc(C(=O)C(CCc2ccc(C)cc2)CS(=O)(=O)c2ccc(C)cc2)cc1. The molecule has 1 N–H and O–H groups in total. The Labute approximate surface area is 420 Å². The number of benzene rings is 3. The summed E-state index contributed by atoms with van der Waals surface area (Å²) in [6, 6.07) is 20.5.